The molecule has 0 atom stereocenters. The highest BCUT2D eigenvalue weighted by molar-refractivity contribution is 6.03. The summed E-state index contributed by atoms with van der Waals surface area (Å²) in [4.78, 5) is 36.3. The van der Waals surface area contributed by atoms with Gasteiger partial charge in [0.25, 0.3) is 5.91 Å². The number of hydrogen-bond donors (Lipinski definition) is 1. The molecule has 0 radical (unpaired) electrons. The molecule has 1 fully saturated rings. The summed E-state index contributed by atoms with van der Waals surface area (Å²) in [5, 5.41) is 2.89. The van der Waals surface area contributed by atoms with Crippen LogP contribution in [-0.4, -0.2) is 52.9 Å². The van der Waals surface area contributed by atoms with Crippen molar-refractivity contribution in [2.75, 3.05) is 36.4 Å². The molecule has 1 aromatic heterocycles. The number of anilines is 2. The van der Waals surface area contributed by atoms with Crippen molar-refractivity contribution < 1.29 is 9.59 Å². The lowest BCUT2D eigenvalue weighted by Crippen LogP contribution is -2.48. The first kappa shape index (κ1) is 17.8. The topological polar surface area (TPSA) is 78.4 Å². The van der Waals surface area contributed by atoms with E-state index in [1.54, 1.807) is 13.1 Å². The smallest absolute Gasteiger partial charge is 0.275 e. The van der Waals surface area contributed by atoms with Crippen molar-refractivity contribution in [2.24, 2.45) is 0 Å². The molecular formula is C19H23N5O2. The van der Waals surface area contributed by atoms with Crippen LogP contribution in [0.15, 0.2) is 30.6 Å². The van der Waals surface area contributed by atoms with E-state index in [-0.39, 0.29) is 17.5 Å². The van der Waals surface area contributed by atoms with Crippen LogP contribution in [0.4, 0.5) is 11.5 Å². The Morgan fingerprint density at radius 2 is 1.77 bits per heavy atom. The first-order valence-corrected chi connectivity index (χ1v) is 8.65. The van der Waals surface area contributed by atoms with Crippen LogP contribution in [0.3, 0.4) is 0 Å². The number of carbonyl (C=O) groups excluding carboxylic acids is 2. The highest BCUT2D eigenvalue weighted by atomic mass is 16.2. The van der Waals surface area contributed by atoms with Crippen molar-refractivity contribution >= 4 is 23.3 Å². The van der Waals surface area contributed by atoms with Crippen molar-refractivity contribution in [1.29, 1.82) is 0 Å². The fraction of sp³-hybridized carbons (Fsp3) is 0.368. The second kappa shape index (κ2) is 7.51. The van der Waals surface area contributed by atoms with Crippen molar-refractivity contribution in [1.82, 2.24) is 14.9 Å². The molecule has 7 nitrogen and oxygen atoms in total. The molecule has 2 amide bonds. The zero-order chi connectivity index (χ0) is 18.7. The van der Waals surface area contributed by atoms with Crippen LogP contribution in [0.1, 0.15) is 28.5 Å². The Balaban J connectivity index is 1.65. The van der Waals surface area contributed by atoms with Crippen molar-refractivity contribution in [3.8, 4) is 0 Å². The molecule has 2 aromatic rings. The number of nitrogens with zero attached hydrogens (tertiary/aromatic N) is 4. The Kier molecular flexibility index (Phi) is 5.16. The van der Waals surface area contributed by atoms with Gasteiger partial charge in [-0.05, 0) is 31.0 Å². The average molecular weight is 353 g/mol. The van der Waals surface area contributed by atoms with E-state index in [0.717, 1.165) is 22.6 Å². The van der Waals surface area contributed by atoms with Gasteiger partial charge in [0.15, 0.2) is 0 Å². The third-order valence-electron chi connectivity index (χ3n) is 4.56. The maximum Gasteiger partial charge on any atom is 0.275 e. The third-order valence-corrected chi connectivity index (χ3v) is 4.56. The van der Waals surface area contributed by atoms with Crippen LogP contribution >= 0.6 is 0 Å². The van der Waals surface area contributed by atoms with E-state index in [2.05, 4.69) is 20.2 Å². The molecule has 7 heteroatoms. The van der Waals surface area contributed by atoms with E-state index < -0.39 is 0 Å². The van der Waals surface area contributed by atoms with Crippen LogP contribution in [-0.2, 0) is 4.79 Å². The van der Waals surface area contributed by atoms with E-state index in [1.165, 1.54) is 6.20 Å². The lowest BCUT2D eigenvalue weighted by atomic mass is 10.1. The molecule has 1 aliphatic rings. The number of aromatic nitrogens is 2. The Morgan fingerprint density at radius 1 is 1.04 bits per heavy atom. The van der Waals surface area contributed by atoms with Gasteiger partial charge in [-0.3, -0.25) is 9.59 Å². The lowest BCUT2D eigenvalue weighted by molar-refractivity contribution is -0.129. The SMILES string of the molecule is CC(=O)N1CCN(c2cnc(C(=O)Nc3cc(C)ccc3C)cn2)CC1. The quantitative estimate of drug-likeness (QED) is 0.913. The molecule has 1 saturated heterocycles. The summed E-state index contributed by atoms with van der Waals surface area (Å²) in [7, 11) is 0. The zero-order valence-corrected chi connectivity index (χ0v) is 15.3. The van der Waals surface area contributed by atoms with Crippen molar-refractivity contribution in [3.05, 3.63) is 47.4 Å². The summed E-state index contributed by atoms with van der Waals surface area (Å²) >= 11 is 0. The monoisotopic (exact) mass is 353 g/mol. The second-order valence-electron chi connectivity index (χ2n) is 6.53. The Bertz CT molecular complexity index is 811. The fourth-order valence-electron chi connectivity index (χ4n) is 2.91. The Labute approximate surface area is 153 Å². The van der Waals surface area contributed by atoms with Gasteiger partial charge < -0.3 is 15.1 Å². The molecular weight excluding hydrogens is 330 g/mol. The van der Waals surface area contributed by atoms with Crippen LogP contribution in [0.5, 0.6) is 0 Å². The molecule has 2 heterocycles. The molecule has 3 rings (SSSR count). The molecule has 0 bridgehead atoms. The number of piperazine rings is 1. The summed E-state index contributed by atoms with van der Waals surface area (Å²) in [6.07, 6.45) is 3.11. The maximum atomic E-state index is 12.4. The van der Waals surface area contributed by atoms with Crippen molar-refractivity contribution in [2.45, 2.75) is 20.8 Å². The van der Waals surface area contributed by atoms with Gasteiger partial charge in [0.1, 0.15) is 11.5 Å². The first-order valence-electron chi connectivity index (χ1n) is 8.65. The van der Waals surface area contributed by atoms with E-state index in [0.29, 0.717) is 26.2 Å². The van der Waals surface area contributed by atoms with Crippen LogP contribution in [0.25, 0.3) is 0 Å². The number of hydrogen-bond acceptors (Lipinski definition) is 5. The molecule has 0 aliphatic carbocycles. The molecule has 0 spiro atoms. The van der Waals surface area contributed by atoms with Gasteiger partial charge in [0.2, 0.25) is 5.91 Å². The van der Waals surface area contributed by atoms with Gasteiger partial charge in [-0.25, -0.2) is 9.97 Å². The van der Waals surface area contributed by atoms with E-state index in [9.17, 15) is 9.59 Å². The molecule has 0 unspecified atom stereocenters. The standard InChI is InChI=1S/C19H23N5O2/c1-13-4-5-14(2)16(10-13)22-19(26)17-11-21-18(12-20-17)24-8-6-23(7-9-24)15(3)25/h4-5,10-12H,6-9H2,1-3H3,(H,22,26). The minimum absolute atomic E-state index is 0.0918. The van der Waals surface area contributed by atoms with Crippen LogP contribution in [0, 0.1) is 13.8 Å². The van der Waals surface area contributed by atoms with Gasteiger partial charge in [0.05, 0.1) is 12.4 Å². The number of aryl methyl sites for hydroxylation is 2. The highest BCUT2D eigenvalue weighted by Crippen LogP contribution is 2.18. The third kappa shape index (κ3) is 3.99. The number of rotatable bonds is 3. The Morgan fingerprint density at radius 3 is 2.38 bits per heavy atom. The minimum Gasteiger partial charge on any atom is -0.352 e. The summed E-state index contributed by atoms with van der Waals surface area (Å²) in [5.74, 6) is 0.532. The number of amides is 2. The van der Waals surface area contributed by atoms with E-state index >= 15 is 0 Å². The molecule has 26 heavy (non-hydrogen) atoms. The predicted molar refractivity (Wildman–Crippen MR) is 100 cm³/mol. The summed E-state index contributed by atoms with van der Waals surface area (Å²) in [6, 6.07) is 5.91. The van der Waals surface area contributed by atoms with Crippen LogP contribution in [0.2, 0.25) is 0 Å². The van der Waals surface area contributed by atoms with E-state index in [4.69, 9.17) is 0 Å². The predicted octanol–water partition coefficient (Wildman–Crippen LogP) is 2.01. The largest absolute Gasteiger partial charge is 0.352 e. The first-order chi connectivity index (χ1) is 12.4. The summed E-state index contributed by atoms with van der Waals surface area (Å²) in [6.45, 7) is 8.28. The molecule has 1 aliphatic heterocycles. The summed E-state index contributed by atoms with van der Waals surface area (Å²) < 4.78 is 0. The fourth-order valence-corrected chi connectivity index (χ4v) is 2.91. The van der Waals surface area contributed by atoms with Gasteiger partial charge in [-0.2, -0.15) is 0 Å². The average Bonchev–Trinajstić information content (AvgIpc) is 2.65. The molecule has 1 aromatic carbocycles. The molecule has 136 valence electrons. The maximum absolute atomic E-state index is 12.4. The van der Waals surface area contributed by atoms with E-state index in [1.807, 2.05) is 36.9 Å². The number of benzene rings is 1. The van der Waals surface area contributed by atoms with Gasteiger partial charge in [0, 0.05) is 38.8 Å². The highest BCUT2D eigenvalue weighted by Gasteiger charge is 2.20. The normalized spacial score (nSPS) is 14.3. The van der Waals surface area contributed by atoms with Gasteiger partial charge in [-0.1, -0.05) is 12.1 Å². The molecule has 0 saturated carbocycles. The minimum atomic E-state index is -0.279. The molecule has 1 N–H and O–H groups in total. The second-order valence-corrected chi connectivity index (χ2v) is 6.53. The van der Waals surface area contributed by atoms with Crippen LogP contribution < -0.4 is 10.2 Å². The zero-order valence-electron chi connectivity index (χ0n) is 15.3. The lowest BCUT2D eigenvalue weighted by Gasteiger charge is -2.34. The van der Waals surface area contributed by atoms with Gasteiger partial charge >= 0.3 is 0 Å². The number of carbonyl (C=O) groups is 2. The Hall–Kier alpha value is -2.96. The summed E-state index contributed by atoms with van der Waals surface area (Å²) in [5.41, 5.74) is 3.13. The van der Waals surface area contributed by atoms with Gasteiger partial charge in [-0.15, -0.1) is 0 Å². The number of nitrogens with one attached hydrogen (secondary N) is 1. The van der Waals surface area contributed by atoms with Crippen molar-refractivity contribution in [3.63, 3.8) is 0 Å².